The Labute approximate surface area is 128 Å². The van der Waals surface area contributed by atoms with Crippen LogP contribution in [0.1, 0.15) is 18.1 Å². The van der Waals surface area contributed by atoms with Crippen molar-refractivity contribution in [2.45, 2.75) is 20.3 Å². The molecule has 110 valence electrons. The van der Waals surface area contributed by atoms with Crippen molar-refractivity contribution in [1.29, 1.82) is 0 Å². The van der Waals surface area contributed by atoms with E-state index in [2.05, 4.69) is 10.6 Å². The topological polar surface area (TPSA) is 41.1 Å². The lowest BCUT2D eigenvalue weighted by molar-refractivity contribution is 0.262. The number of anilines is 2. The molecule has 5 heteroatoms. The molecule has 0 aliphatic rings. The zero-order chi connectivity index (χ0) is 15.4. The number of amides is 2. The van der Waals surface area contributed by atoms with Crippen LogP contribution in [-0.4, -0.2) is 6.03 Å². The molecule has 0 aliphatic carbocycles. The molecule has 21 heavy (non-hydrogen) atoms. The quantitative estimate of drug-likeness (QED) is 0.823. The number of benzene rings is 2. The van der Waals surface area contributed by atoms with Gasteiger partial charge in [0.05, 0.1) is 5.02 Å². The highest BCUT2D eigenvalue weighted by atomic mass is 35.5. The van der Waals surface area contributed by atoms with Crippen molar-refractivity contribution in [3.8, 4) is 0 Å². The maximum Gasteiger partial charge on any atom is 0.323 e. The van der Waals surface area contributed by atoms with Crippen LogP contribution in [0.15, 0.2) is 36.4 Å². The third-order valence-corrected chi connectivity index (χ3v) is 3.45. The first-order valence-electron chi connectivity index (χ1n) is 6.62. The molecule has 2 amide bonds. The second-order valence-electron chi connectivity index (χ2n) is 4.67. The van der Waals surface area contributed by atoms with Crippen LogP contribution >= 0.6 is 11.6 Å². The fourth-order valence-corrected chi connectivity index (χ4v) is 2.23. The molecule has 0 bridgehead atoms. The number of rotatable bonds is 3. The van der Waals surface area contributed by atoms with Crippen LogP contribution in [0.25, 0.3) is 0 Å². The predicted molar refractivity (Wildman–Crippen MR) is 84.6 cm³/mol. The molecule has 2 aromatic rings. The molecule has 3 nitrogen and oxygen atoms in total. The van der Waals surface area contributed by atoms with E-state index < -0.39 is 5.82 Å². The van der Waals surface area contributed by atoms with Crippen molar-refractivity contribution in [1.82, 2.24) is 0 Å². The lowest BCUT2D eigenvalue weighted by Crippen LogP contribution is -2.20. The van der Waals surface area contributed by atoms with E-state index in [1.165, 1.54) is 18.2 Å². The molecule has 2 aromatic carbocycles. The van der Waals surface area contributed by atoms with E-state index in [4.69, 9.17) is 11.6 Å². The number of carbonyl (C=O) groups is 1. The van der Waals surface area contributed by atoms with Crippen LogP contribution in [0.2, 0.25) is 5.02 Å². The van der Waals surface area contributed by atoms with E-state index in [-0.39, 0.29) is 11.1 Å². The summed E-state index contributed by atoms with van der Waals surface area (Å²) in [6.45, 7) is 3.96. The third-order valence-electron chi connectivity index (χ3n) is 3.16. The summed E-state index contributed by atoms with van der Waals surface area (Å²) < 4.78 is 13.1. The first-order valence-corrected chi connectivity index (χ1v) is 7.00. The Bertz CT molecular complexity index is 673. The SMILES string of the molecule is CCc1cccc(C)c1NC(=O)Nc1ccc(F)c(Cl)c1. The molecule has 2 N–H and O–H groups in total. The fourth-order valence-electron chi connectivity index (χ4n) is 2.05. The van der Waals surface area contributed by atoms with Gasteiger partial charge in [0.2, 0.25) is 0 Å². The minimum absolute atomic E-state index is 0.0297. The fraction of sp³-hybridized carbons (Fsp3) is 0.188. The molecule has 0 aliphatic heterocycles. The predicted octanol–water partition coefficient (Wildman–Crippen LogP) is 4.99. The Morgan fingerprint density at radius 3 is 2.67 bits per heavy atom. The molecule has 0 spiro atoms. The Kier molecular flexibility index (Phi) is 4.81. The highest BCUT2D eigenvalue weighted by Gasteiger charge is 2.09. The molecule has 0 heterocycles. The molecule has 0 saturated heterocycles. The summed E-state index contributed by atoms with van der Waals surface area (Å²) in [7, 11) is 0. The van der Waals surface area contributed by atoms with Gasteiger partial charge >= 0.3 is 6.03 Å². The van der Waals surface area contributed by atoms with E-state index in [0.717, 1.165) is 23.2 Å². The zero-order valence-electron chi connectivity index (χ0n) is 11.8. The Balaban J connectivity index is 2.13. The Morgan fingerprint density at radius 2 is 2.00 bits per heavy atom. The third kappa shape index (κ3) is 3.73. The summed E-state index contributed by atoms with van der Waals surface area (Å²) in [4.78, 5) is 12.0. The maximum absolute atomic E-state index is 13.1. The molecular formula is C16H16ClFN2O. The van der Waals surface area contributed by atoms with Crippen LogP contribution in [-0.2, 0) is 6.42 Å². The van der Waals surface area contributed by atoms with E-state index in [9.17, 15) is 9.18 Å². The molecule has 0 fully saturated rings. The monoisotopic (exact) mass is 306 g/mol. The van der Waals surface area contributed by atoms with Gasteiger partial charge in [0.1, 0.15) is 5.82 Å². The molecule has 0 radical (unpaired) electrons. The molecule has 0 unspecified atom stereocenters. The number of hydrogen-bond donors (Lipinski definition) is 2. The summed E-state index contributed by atoms with van der Waals surface area (Å²) in [5, 5.41) is 5.43. The van der Waals surface area contributed by atoms with Gasteiger partial charge < -0.3 is 10.6 Å². The minimum Gasteiger partial charge on any atom is -0.308 e. The van der Waals surface area contributed by atoms with Gasteiger partial charge in [-0.25, -0.2) is 9.18 Å². The summed E-state index contributed by atoms with van der Waals surface area (Å²) in [6, 6.07) is 9.51. The van der Waals surface area contributed by atoms with E-state index in [1.807, 2.05) is 32.0 Å². The van der Waals surface area contributed by atoms with Gasteiger partial charge in [0, 0.05) is 11.4 Å². The number of halogens is 2. The second-order valence-corrected chi connectivity index (χ2v) is 5.08. The molecule has 0 saturated carbocycles. The average molecular weight is 307 g/mol. The van der Waals surface area contributed by atoms with Crippen molar-refractivity contribution in [3.05, 3.63) is 58.4 Å². The van der Waals surface area contributed by atoms with Crippen LogP contribution in [0, 0.1) is 12.7 Å². The lowest BCUT2D eigenvalue weighted by atomic mass is 10.1. The van der Waals surface area contributed by atoms with Crippen LogP contribution in [0.3, 0.4) is 0 Å². The van der Waals surface area contributed by atoms with Gasteiger partial charge in [-0.05, 0) is 42.7 Å². The van der Waals surface area contributed by atoms with E-state index in [1.54, 1.807) is 0 Å². The van der Waals surface area contributed by atoms with Crippen LogP contribution in [0.4, 0.5) is 20.6 Å². The van der Waals surface area contributed by atoms with Gasteiger partial charge in [0.25, 0.3) is 0 Å². The Morgan fingerprint density at radius 1 is 1.24 bits per heavy atom. The summed E-state index contributed by atoms with van der Waals surface area (Å²) in [6.07, 6.45) is 0.819. The first-order chi connectivity index (χ1) is 10.0. The number of para-hydroxylation sites is 1. The van der Waals surface area contributed by atoms with Crippen molar-refractivity contribution in [2.75, 3.05) is 10.6 Å². The summed E-state index contributed by atoms with van der Waals surface area (Å²) in [5.74, 6) is -0.519. The van der Waals surface area contributed by atoms with Gasteiger partial charge in [0.15, 0.2) is 0 Å². The number of nitrogens with one attached hydrogen (secondary N) is 2. The maximum atomic E-state index is 13.1. The Hall–Kier alpha value is -2.07. The minimum atomic E-state index is -0.519. The zero-order valence-corrected chi connectivity index (χ0v) is 12.6. The van der Waals surface area contributed by atoms with Crippen molar-refractivity contribution < 1.29 is 9.18 Å². The van der Waals surface area contributed by atoms with Crippen molar-refractivity contribution >= 4 is 29.0 Å². The van der Waals surface area contributed by atoms with E-state index >= 15 is 0 Å². The highest BCUT2D eigenvalue weighted by molar-refractivity contribution is 6.31. The molecular weight excluding hydrogens is 291 g/mol. The summed E-state index contributed by atoms with van der Waals surface area (Å²) >= 11 is 5.68. The largest absolute Gasteiger partial charge is 0.323 e. The van der Waals surface area contributed by atoms with Crippen LogP contribution in [0.5, 0.6) is 0 Å². The second kappa shape index (κ2) is 6.59. The van der Waals surface area contributed by atoms with Crippen molar-refractivity contribution in [3.63, 3.8) is 0 Å². The number of hydrogen-bond acceptors (Lipinski definition) is 1. The summed E-state index contributed by atoms with van der Waals surface area (Å²) in [5.41, 5.74) is 3.28. The standard InChI is InChI=1S/C16H16ClFN2O/c1-3-11-6-4-5-10(2)15(11)20-16(21)19-12-7-8-14(18)13(17)9-12/h4-9H,3H2,1-2H3,(H2,19,20,21). The highest BCUT2D eigenvalue weighted by Crippen LogP contribution is 2.22. The number of aryl methyl sites for hydroxylation is 2. The van der Waals surface area contributed by atoms with Crippen molar-refractivity contribution in [2.24, 2.45) is 0 Å². The smallest absolute Gasteiger partial charge is 0.308 e. The normalized spacial score (nSPS) is 10.3. The van der Waals surface area contributed by atoms with Gasteiger partial charge in [-0.1, -0.05) is 36.7 Å². The number of urea groups is 1. The number of carbonyl (C=O) groups excluding carboxylic acids is 1. The molecule has 0 aromatic heterocycles. The molecule has 0 atom stereocenters. The van der Waals surface area contributed by atoms with Gasteiger partial charge in [-0.15, -0.1) is 0 Å². The van der Waals surface area contributed by atoms with Gasteiger partial charge in [-0.2, -0.15) is 0 Å². The average Bonchev–Trinajstić information content (AvgIpc) is 2.45. The first kappa shape index (κ1) is 15.3. The molecule has 2 rings (SSSR count). The van der Waals surface area contributed by atoms with Crippen LogP contribution < -0.4 is 10.6 Å². The van der Waals surface area contributed by atoms with E-state index in [0.29, 0.717) is 5.69 Å². The van der Waals surface area contributed by atoms with Gasteiger partial charge in [-0.3, -0.25) is 0 Å². The lowest BCUT2D eigenvalue weighted by Gasteiger charge is -2.13.